The van der Waals surface area contributed by atoms with Crippen molar-refractivity contribution in [2.24, 2.45) is 16.6 Å². The van der Waals surface area contributed by atoms with E-state index in [0.29, 0.717) is 24.0 Å². The number of carbonyl (C=O) groups is 1. The number of aliphatic imine (C=N–C) groups is 1. The molecule has 6 nitrogen and oxygen atoms in total. The van der Waals surface area contributed by atoms with Gasteiger partial charge in [-0.3, -0.25) is 9.79 Å². The first-order valence-electron chi connectivity index (χ1n) is 10.3. The maximum Gasteiger partial charge on any atom is 0.433 e. The van der Waals surface area contributed by atoms with Gasteiger partial charge in [-0.25, -0.2) is 0 Å². The second-order valence-corrected chi connectivity index (χ2v) is 7.64. The van der Waals surface area contributed by atoms with Crippen LogP contribution in [0.15, 0.2) is 35.0 Å². The number of nitriles is 1. The van der Waals surface area contributed by atoms with E-state index in [2.05, 4.69) is 28.0 Å². The Hall–Kier alpha value is -3.17. The van der Waals surface area contributed by atoms with Crippen LogP contribution in [0.3, 0.4) is 0 Å². The van der Waals surface area contributed by atoms with Gasteiger partial charge in [-0.05, 0) is 43.9 Å². The summed E-state index contributed by atoms with van der Waals surface area (Å²) >= 11 is 5.99. The third-order valence-corrected chi connectivity index (χ3v) is 5.13. The molecule has 0 radical (unpaired) electrons. The molecule has 10 heteroatoms. The van der Waals surface area contributed by atoms with Gasteiger partial charge >= 0.3 is 6.18 Å². The van der Waals surface area contributed by atoms with Crippen molar-refractivity contribution in [1.29, 1.82) is 5.26 Å². The highest BCUT2D eigenvalue weighted by Crippen LogP contribution is 2.25. The normalized spacial score (nSPS) is 14.9. The Morgan fingerprint density at radius 2 is 2.00 bits per heavy atom. The summed E-state index contributed by atoms with van der Waals surface area (Å²) in [5.74, 6) is 1.60. The van der Waals surface area contributed by atoms with Crippen molar-refractivity contribution in [2.75, 3.05) is 18.5 Å². The zero-order valence-corrected chi connectivity index (χ0v) is 19.1. The summed E-state index contributed by atoms with van der Waals surface area (Å²) < 4.78 is 40.6. The predicted molar refractivity (Wildman–Crippen MR) is 125 cm³/mol. The molecular weight excluding hydrogens is 455 g/mol. The number of anilines is 1. The number of hydrogen-bond acceptors (Lipinski definition) is 5. The summed E-state index contributed by atoms with van der Waals surface area (Å²) in [4.78, 5) is 15.9. The second kappa shape index (κ2) is 14.1. The molecule has 33 heavy (non-hydrogen) atoms. The van der Waals surface area contributed by atoms with Crippen LogP contribution < -0.4 is 16.4 Å². The lowest BCUT2D eigenvalue weighted by Gasteiger charge is -2.22. The lowest BCUT2D eigenvalue weighted by atomic mass is 9.89. The van der Waals surface area contributed by atoms with Crippen LogP contribution in [0.2, 0.25) is 5.02 Å². The molecule has 0 aromatic heterocycles. The molecule has 0 bridgehead atoms. The Morgan fingerprint density at radius 3 is 2.52 bits per heavy atom. The van der Waals surface area contributed by atoms with Crippen molar-refractivity contribution in [3.63, 3.8) is 0 Å². The first kappa shape index (κ1) is 27.9. The van der Waals surface area contributed by atoms with Gasteiger partial charge in [0.1, 0.15) is 6.67 Å². The Kier molecular flexibility index (Phi) is 11.9. The summed E-state index contributed by atoms with van der Waals surface area (Å²) in [5, 5.41) is 14.2. The van der Waals surface area contributed by atoms with E-state index in [9.17, 15) is 18.0 Å². The number of amides is 1. The highest BCUT2D eigenvalue weighted by atomic mass is 35.5. The van der Waals surface area contributed by atoms with Crippen LogP contribution in [0.5, 0.6) is 0 Å². The molecule has 1 amide bonds. The van der Waals surface area contributed by atoms with Gasteiger partial charge in [-0.1, -0.05) is 30.9 Å². The first-order valence-corrected chi connectivity index (χ1v) is 10.7. The number of alkyl halides is 3. The maximum atomic E-state index is 13.5. The molecule has 0 atom stereocenters. The maximum absolute atomic E-state index is 13.5. The third-order valence-electron chi connectivity index (χ3n) is 4.82. The van der Waals surface area contributed by atoms with Crippen LogP contribution in [-0.2, 0) is 4.79 Å². The Morgan fingerprint density at radius 1 is 1.36 bits per heavy atom. The van der Waals surface area contributed by atoms with Crippen LogP contribution in [-0.4, -0.2) is 31.0 Å². The van der Waals surface area contributed by atoms with Gasteiger partial charge in [-0.15, -0.1) is 12.3 Å². The van der Waals surface area contributed by atoms with Gasteiger partial charge in [0.15, 0.2) is 5.71 Å². The average Bonchev–Trinajstić information content (AvgIpc) is 2.78. The van der Waals surface area contributed by atoms with Crippen molar-refractivity contribution in [3.05, 3.63) is 40.6 Å². The summed E-state index contributed by atoms with van der Waals surface area (Å²) in [6.45, 7) is 1.47. The zero-order valence-electron chi connectivity index (χ0n) is 18.3. The Balaban J connectivity index is 0.00000172. The molecule has 1 aromatic rings. The van der Waals surface area contributed by atoms with Gasteiger partial charge in [0, 0.05) is 12.7 Å². The van der Waals surface area contributed by atoms with Gasteiger partial charge < -0.3 is 16.4 Å². The molecule has 1 saturated carbocycles. The van der Waals surface area contributed by atoms with Crippen LogP contribution in [0.4, 0.5) is 18.9 Å². The smallest absolute Gasteiger partial charge is 0.404 e. The summed E-state index contributed by atoms with van der Waals surface area (Å²) in [6.07, 6.45) is 5.48. The van der Waals surface area contributed by atoms with Crippen molar-refractivity contribution in [1.82, 2.24) is 5.32 Å². The highest BCUT2D eigenvalue weighted by molar-refractivity contribution is 6.33. The minimum atomic E-state index is -4.87. The van der Waals surface area contributed by atoms with Crippen molar-refractivity contribution in [3.8, 4) is 18.4 Å². The number of nitrogens with one attached hydrogen (secondary N) is 2. The van der Waals surface area contributed by atoms with Crippen LogP contribution in [0, 0.1) is 29.6 Å². The molecule has 178 valence electrons. The lowest BCUT2D eigenvalue weighted by Crippen LogP contribution is -2.38. The average molecular weight is 482 g/mol. The molecule has 0 heterocycles. The van der Waals surface area contributed by atoms with Crippen LogP contribution in [0.25, 0.3) is 0 Å². The third kappa shape index (κ3) is 9.46. The SMILES string of the molecule is C#CC.N#Cc1ccc(NC/N=C(\C(=C/N)C(=O)NCC2CCCCC2)C(F)(F)F)c(Cl)c1. The molecular formula is C23H27ClF3N5O. The molecule has 0 unspecified atom stereocenters. The van der Waals surface area contributed by atoms with Crippen molar-refractivity contribution < 1.29 is 18.0 Å². The van der Waals surface area contributed by atoms with Gasteiger partial charge in [0.05, 0.1) is 27.9 Å². The monoisotopic (exact) mass is 481 g/mol. The number of nitrogens with two attached hydrogens (primary N) is 1. The van der Waals surface area contributed by atoms with E-state index in [-0.39, 0.29) is 10.9 Å². The molecule has 0 aliphatic heterocycles. The standard InChI is InChI=1S/C20H23ClF3N5O.C3H4/c21-16-8-14(9-25)6-7-17(16)28-12-29-18(20(22,23)24)15(10-26)19(30)27-11-13-4-2-1-3-5-13;1-3-2/h6-8,10,13,28H,1-5,11-12,26H2,(H,27,30);1H,2H3/b15-10+,29-18+;. The molecule has 1 aliphatic rings. The number of benzene rings is 1. The summed E-state index contributed by atoms with van der Waals surface area (Å²) in [5.41, 5.74) is 3.86. The van der Waals surface area contributed by atoms with Gasteiger partial charge in [0.2, 0.25) is 0 Å². The summed E-state index contributed by atoms with van der Waals surface area (Å²) in [7, 11) is 0. The number of nitrogens with zero attached hydrogens (tertiary/aromatic N) is 2. The molecule has 4 N–H and O–H groups in total. The van der Waals surface area contributed by atoms with E-state index in [0.717, 1.165) is 32.1 Å². The fourth-order valence-electron chi connectivity index (χ4n) is 3.24. The van der Waals surface area contributed by atoms with Crippen LogP contribution in [0.1, 0.15) is 44.6 Å². The van der Waals surface area contributed by atoms with E-state index in [1.165, 1.54) is 18.2 Å². The molecule has 0 saturated heterocycles. The zero-order chi connectivity index (χ0) is 24.9. The fourth-order valence-corrected chi connectivity index (χ4v) is 3.49. The Bertz CT molecular complexity index is 939. The van der Waals surface area contributed by atoms with Crippen molar-refractivity contribution in [2.45, 2.75) is 45.2 Å². The fraction of sp³-hybridized carbons (Fsp3) is 0.435. The second-order valence-electron chi connectivity index (χ2n) is 7.23. The van der Waals surface area contributed by atoms with Crippen molar-refractivity contribution >= 4 is 28.9 Å². The minimum Gasteiger partial charge on any atom is -0.404 e. The number of carbonyl (C=O) groups excluding carboxylic acids is 1. The molecule has 1 fully saturated rings. The molecule has 1 aliphatic carbocycles. The minimum absolute atomic E-state index is 0.164. The topological polar surface area (TPSA) is 103 Å². The molecule has 1 aromatic carbocycles. The largest absolute Gasteiger partial charge is 0.433 e. The van der Waals surface area contributed by atoms with E-state index >= 15 is 0 Å². The number of rotatable bonds is 7. The van der Waals surface area contributed by atoms with Crippen LogP contribution >= 0.6 is 11.6 Å². The Labute approximate surface area is 197 Å². The predicted octanol–water partition coefficient (Wildman–Crippen LogP) is 4.76. The molecule has 2 rings (SSSR count). The molecule has 0 spiro atoms. The van der Waals surface area contributed by atoms with E-state index < -0.39 is 30.0 Å². The van der Waals surface area contributed by atoms with Gasteiger partial charge in [-0.2, -0.15) is 18.4 Å². The number of hydrogen-bond donors (Lipinski definition) is 3. The number of terminal acetylenes is 1. The van der Waals surface area contributed by atoms with E-state index in [4.69, 9.17) is 22.6 Å². The quantitative estimate of drug-likeness (QED) is 0.296. The number of halogens is 4. The highest BCUT2D eigenvalue weighted by Gasteiger charge is 2.40. The van der Waals surface area contributed by atoms with E-state index in [1.54, 1.807) is 6.92 Å². The van der Waals surface area contributed by atoms with Gasteiger partial charge in [0.25, 0.3) is 5.91 Å². The summed E-state index contributed by atoms with van der Waals surface area (Å²) in [6, 6.07) is 6.21. The first-order chi connectivity index (χ1) is 15.7. The lowest BCUT2D eigenvalue weighted by molar-refractivity contribution is -0.117. The van der Waals surface area contributed by atoms with E-state index in [1.807, 2.05) is 6.07 Å².